The molecule has 1 N–H and O–H groups in total. The van der Waals surface area contributed by atoms with Gasteiger partial charge in [0, 0.05) is 11.6 Å². The molecule has 1 aliphatic heterocycles. The van der Waals surface area contributed by atoms with Crippen LogP contribution in [0.25, 0.3) is 11.0 Å². The van der Waals surface area contributed by atoms with Gasteiger partial charge in [0.15, 0.2) is 16.3 Å². The van der Waals surface area contributed by atoms with Crippen molar-refractivity contribution in [2.45, 2.75) is 17.7 Å². The van der Waals surface area contributed by atoms with Crippen molar-refractivity contribution in [2.75, 3.05) is 25.5 Å². The molecule has 0 unspecified atom stereocenters. The number of ether oxygens (including phenoxy) is 4. The molecule has 0 saturated carbocycles. The van der Waals surface area contributed by atoms with Gasteiger partial charge in [0.2, 0.25) is 0 Å². The number of anilines is 1. The molecule has 3 heterocycles. The zero-order valence-corrected chi connectivity index (χ0v) is 18.5. The zero-order valence-electron chi connectivity index (χ0n) is 17.7. The summed E-state index contributed by atoms with van der Waals surface area (Å²) in [4.78, 5) is 3.81. The second kappa shape index (κ2) is 8.20. The van der Waals surface area contributed by atoms with E-state index in [0.717, 1.165) is 12.0 Å². The SMILES string of the molecule is COc1cccc(OC)c1S(=O)(=O)Nc1noc2cc(Oc3ncco3)c3c(c12)OCCC3. The van der Waals surface area contributed by atoms with Gasteiger partial charge in [-0.05, 0) is 25.0 Å². The number of fused-ring (bicyclic) bond motifs is 3. The van der Waals surface area contributed by atoms with Gasteiger partial charge in [0.25, 0.3) is 10.0 Å². The van der Waals surface area contributed by atoms with Crippen molar-refractivity contribution >= 4 is 26.8 Å². The highest BCUT2D eigenvalue weighted by Crippen LogP contribution is 2.45. The minimum atomic E-state index is -4.17. The molecule has 2 aromatic carbocycles. The number of hydrogen-bond acceptors (Lipinski definition) is 10. The summed E-state index contributed by atoms with van der Waals surface area (Å²) in [6, 6.07) is 6.27. The van der Waals surface area contributed by atoms with Crippen LogP contribution in [-0.2, 0) is 16.4 Å². The maximum Gasteiger partial charge on any atom is 0.399 e. The fourth-order valence-electron chi connectivity index (χ4n) is 3.68. The molecule has 4 aromatic rings. The third-order valence-electron chi connectivity index (χ3n) is 5.09. The first-order valence-electron chi connectivity index (χ1n) is 9.91. The molecule has 5 rings (SSSR count). The van der Waals surface area contributed by atoms with E-state index in [1.54, 1.807) is 12.1 Å². The van der Waals surface area contributed by atoms with Gasteiger partial charge in [0.05, 0.1) is 27.0 Å². The first-order valence-corrected chi connectivity index (χ1v) is 11.4. The van der Waals surface area contributed by atoms with E-state index in [1.165, 1.54) is 38.8 Å². The lowest BCUT2D eigenvalue weighted by Gasteiger charge is -2.20. The van der Waals surface area contributed by atoms with E-state index in [2.05, 4.69) is 14.9 Å². The average molecular weight is 473 g/mol. The van der Waals surface area contributed by atoms with Crippen LogP contribution in [0.1, 0.15) is 12.0 Å². The van der Waals surface area contributed by atoms with Gasteiger partial charge in [-0.3, -0.25) is 4.72 Å². The van der Waals surface area contributed by atoms with Gasteiger partial charge in [-0.15, -0.1) is 0 Å². The summed E-state index contributed by atoms with van der Waals surface area (Å²) in [7, 11) is -1.42. The molecule has 2 aromatic heterocycles. The molecule has 0 fully saturated rings. The topological polar surface area (TPSA) is 135 Å². The molecule has 1 aliphatic rings. The molecule has 0 spiro atoms. The van der Waals surface area contributed by atoms with Crippen molar-refractivity contribution in [3.63, 3.8) is 0 Å². The first kappa shape index (κ1) is 20.9. The van der Waals surface area contributed by atoms with Crippen LogP contribution in [0.2, 0.25) is 0 Å². The number of aromatic nitrogens is 2. The average Bonchev–Trinajstić information content (AvgIpc) is 3.48. The van der Waals surface area contributed by atoms with Gasteiger partial charge in [0.1, 0.15) is 34.6 Å². The predicted octanol–water partition coefficient (Wildman–Crippen LogP) is 3.75. The Morgan fingerprint density at radius 1 is 1.12 bits per heavy atom. The molecular formula is C21H19N3O8S. The lowest BCUT2D eigenvalue weighted by molar-refractivity contribution is 0.281. The third-order valence-corrected chi connectivity index (χ3v) is 6.49. The fourth-order valence-corrected chi connectivity index (χ4v) is 5.01. The van der Waals surface area contributed by atoms with Crippen LogP contribution in [0.5, 0.6) is 29.1 Å². The van der Waals surface area contributed by atoms with Gasteiger partial charge in [-0.1, -0.05) is 11.2 Å². The molecule has 0 bridgehead atoms. The largest absolute Gasteiger partial charge is 0.495 e. The van der Waals surface area contributed by atoms with Crippen molar-refractivity contribution in [3.05, 3.63) is 42.3 Å². The van der Waals surface area contributed by atoms with E-state index in [1.807, 2.05) is 0 Å². The number of hydrogen-bond donors (Lipinski definition) is 1. The van der Waals surface area contributed by atoms with Gasteiger partial charge >= 0.3 is 6.08 Å². The lowest BCUT2D eigenvalue weighted by Crippen LogP contribution is -2.16. The van der Waals surface area contributed by atoms with Gasteiger partial charge < -0.3 is 27.9 Å². The van der Waals surface area contributed by atoms with Crippen LogP contribution >= 0.6 is 0 Å². The number of rotatable bonds is 7. The first-order chi connectivity index (χ1) is 16.0. The number of nitrogens with one attached hydrogen (secondary N) is 1. The number of benzene rings is 2. The summed E-state index contributed by atoms with van der Waals surface area (Å²) in [6.07, 6.45) is 4.31. The predicted molar refractivity (Wildman–Crippen MR) is 115 cm³/mol. The molecule has 172 valence electrons. The minimum absolute atomic E-state index is 0.0289. The van der Waals surface area contributed by atoms with Crippen LogP contribution in [0.15, 0.2) is 50.6 Å². The Bertz CT molecular complexity index is 1390. The monoisotopic (exact) mass is 473 g/mol. The Kier molecular flexibility index (Phi) is 5.21. The maximum absolute atomic E-state index is 13.3. The zero-order chi connectivity index (χ0) is 23.0. The molecule has 0 aliphatic carbocycles. The van der Waals surface area contributed by atoms with Gasteiger partial charge in [-0.2, -0.15) is 4.98 Å². The normalized spacial score (nSPS) is 13.3. The Labute approximate surface area is 188 Å². The van der Waals surface area contributed by atoms with E-state index < -0.39 is 10.0 Å². The molecule has 0 amide bonds. The van der Waals surface area contributed by atoms with E-state index in [0.29, 0.717) is 29.9 Å². The van der Waals surface area contributed by atoms with Crippen LogP contribution in [0.4, 0.5) is 5.82 Å². The molecular weight excluding hydrogens is 454 g/mol. The van der Waals surface area contributed by atoms with Gasteiger partial charge in [-0.25, -0.2) is 8.42 Å². The molecule has 0 saturated heterocycles. The Hall–Kier alpha value is -3.93. The van der Waals surface area contributed by atoms with E-state index in [4.69, 9.17) is 27.9 Å². The van der Waals surface area contributed by atoms with Crippen LogP contribution in [-0.4, -0.2) is 39.4 Å². The summed E-state index contributed by atoms with van der Waals surface area (Å²) in [5.41, 5.74) is 0.993. The summed E-state index contributed by atoms with van der Waals surface area (Å²) in [5.74, 6) is 1.06. The second-order valence-corrected chi connectivity index (χ2v) is 8.66. The number of oxazole rings is 1. The van der Waals surface area contributed by atoms with E-state index >= 15 is 0 Å². The maximum atomic E-state index is 13.3. The third kappa shape index (κ3) is 3.67. The quantitative estimate of drug-likeness (QED) is 0.423. The van der Waals surface area contributed by atoms with Crippen LogP contribution in [0.3, 0.4) is 0 Å². The fraction of sp³-hybridized carbons (Fsp3) is 0.238. The smallest absolute Gasteiger partial charge is 0.399 e. The summed E-state index contributed by atoms with van der Waals surface area (Å²) in [6.45, 7) is 0.447. The van der Waals surface area contributed by atoms with Crippen molar-refractivity contribution in [2.24, 2.45) is 0 Å². The van der Waals surface area contributed by atoms with Crippen LogP contribution in [0, 0.1) is 0 Å². The molecule has 12 heteroatoms. The standard InChI is InChI=1S/C21H19N3O8S/c1-27-13-6-3-7-14(28-2)19(13)33(25,26)24-20-17-16(32-23-20)11-15(31-21-22-8-10-30-21)12-5-4-9-29-18(12)17/h3,6-8,10-11H,4-5,9H2,1-2H3,(H,23,24). The van der Waals surface area contributed by atoms with Crippen molar-refractivity contribution in [1.29, 1.82) is 0 Å². The summed E-state index contributed by atoms with van der Waals surface area (Å²) >= 11 is 0. The number of sulfonamides is 1. The van der Waals surface area contributed by atoms with Crippen molar-refractivity contribution < 1.29 is 36.3 Å². The molecule has 33 heavy (non-hydrogen) atoms. The Balaban J connectivity index is 1.61. The highest BCUT2D eigenvalue weighted by atomic mass is 32.2. The van der Waals surface area contributed by atoms with E-state index in [-0.39, 0.29) is 33.9 Å². The number of nitrogens with zero attached hydrogens (tertiary/aromatic N) is 2. The minimum Gasteiger partial charge on any atom is -0.495 e. The van der Waals surface area contributed by atoms with Crippen LogP contribution < -0.4 is 23.7 Å². The Morgan fingerprint density at radius 2 is 1.91 bits per heavy atom. The lowest BCUT2D eigenvalue weighted by atomic mass is 10.0. The van der Waals surface area contributed by atoms with E-state index in [9.17, 15) is 8.42 Å². The van der Waals surface area contributed by atoms with Crippen molar-refractivity contribution in [1.82, 2.24) is 10.1 Å². The molecule has 0 radical (unpaired) electrons. The molecule has 0 atom stereocenters. The summed E-state index contributed by atoms with van der Waals surface area (Å²) < 4.78 is 61.8. The molecule has 11 nitrogen and oxygen atoms in total. The second-order valence-electron chi connectivity index (χ2n) is 7.04. The Morgan fingerprint density at radius 3 is 2.61 bits per heavy atom. The van der Waals surface area contributed by atoms with Crippen molar-refractivity contribution in [3.8, 4) is 29.1 Å². The summed E-state index contributed by atoms with van der Waals surface area (Å²) in [5, 5.41) is 4.32. The highest BCUT2D eigenvalue weighted by Gasteiger charge is 2.30. The number of methoxy groups -OCH3 is 2. The highest BCUT2D eigenvalue weighted by molar-refractivity contribution is 7.93.